The number of carbonyl (C=O) groups is 1. The van der Waals surface area contributed by atoms with Gasteiger partial charge in [0.2, 0.25) is 0 Å². The van der Waals surface area contributed by atoms with E-state index in [4.69, 9.17) is 4.74 Å². The third kappa shape index (κ3) is 2.87. The number of unbranched alkanes of at least 4 members (excludes halogenated alkanes) is 1. The van der Waals surface area contributed by atoms with E-state index < -0.39 is 0 Å². The van der Waals surface area contributed by atoms with Crippen molar-refractivity contribution >= 4 is 6.29 Å². The molecular formula is C12H16O2. The van der Waals surface area contributed by atoms with Crippen molar-refractivity contribution in [2.45, 2.75) is 26.7 Å². The molecule has 0 amide bonds. The van der Waals surface area contributed by atoms with E-state index >= 15 is 0 Å². The highest BCUT2D eigenvalue weighted by Gasteiger charge is 1.99. The van der Waals surface area contributed by atoms with Gasteiger partial charge in [-0.05, 0) is 37.1 Å². The first-order valence-corrected chi connectivity index (χ1v) is 4.96. The lowest BCUT2D eigenvalue weighted by Crippen LogP contribution is -1.97. The summed E-state index contributed by atoms with van der Waals surface area (Å²) >= 11 is 0. The lowest BCUT2D eigenvalue weighted by atomic mass is 10.1. The van der Waals surface area contributed by atoms with Crippen molar-refractivity contribution in [2.24, 2.45) is 0 Å². The molecule has 0 saturated carbocycles. The van der Waals surface area contributed by atoms with Crippen molar-refractivity contribution in [3.05, 3.63) is 29.3 Å². The van der Waals surface area contributed by atoms with Crippen LogP contribution in [0.1, 0.15) is 35.7 Å². The van der Waals surface area contributed by atoms with Gasteiger partial charge in [0, 0.05) is 5.56 Å². The van der Waals surface area contributed by atoms with Crippen LogP contribution >= 0.6 is 0 Å². The summed E-state index contributed by atoms with van der Waals surface area (Å²) in [6.45, 7) is 4.79. The minimum Gasteiger partial charge on any atom is -0.494 e. The summed E-state index contributed by atoms with van der Waals surface area (Å²) in [6, 6.07) is 5.54. The highest BCUT2D eigenvalue weighted by atomic mass is 16.5. The Balaban J connectivity index is 2.62. The van der Waals surface area contributed by atoms with E-state index in [0.29, 0.717) is 0 Å². The maximum atomic E-state index is 10.6. The molecule has 0 aromatic heterocycles. The quantitative estimate of drug-likeness (QED) is 0.529. The SMILES string of the molecule is CCCCOc1ccc(C=O)c(C)c1. The highest BCUT2D eigenvalue weighted by Crippen LogP contribution is 2.16. The molecule has 0 N–H and O–H groups in total. The third-order valence-corrected chi connectivity index (χ3v) is 2.13. The predicted molar refractivity (Wildman–Crippen MR) is 57.0 cm³/mol. The summed E-state index contributed by atoms with van der Waals surface area (Å²) in [7, 11) is 0. The molecule has 2 heteroatoms. The van der Waals surface area contributed by atoms with Gasteiger partial charge in [-0.2, -0.15) is 0 Å². The van der Waals surface area contributed by atoms with Crippen LogP contribution in [0.5, 0.6) is 5.75 Å². The van der Waals surface area contributed by atoms with Crippen LogP contribution in [0, 0.1) is 6.92 Å². The van der Waals surface area contributed by atoms with Gasteiger partial charge >= 0.3 is 0 Å². The monoisotopic (exact) mass is 192 g/mol. The van der Waals surface area contributed by atoms with Crippen molar-refractivity contribution in [2.75, 3.05) is 6.61 Å². The zero-order valence-electron chi connectivity index (χ0n) is 8.75. The van der Waals surface area contributed by atoms with Crippen molar-refractivity contribution in [3.63, 3.8) is 0 Å². The van der Waals surface area contributed by atoms with Gasteiger partial charge in [-0.1, -0.05) is 13.3 Å². The highest BCUT2D eigenvalue weighted by molar-refractivity contribution is 5.77. The van der Waals surface area contributed by atoms with E-state index in [1.54, 1.807) is 6.07 Å². The number of hydrogen-bond acceptors (Lipinski definition) is 2. The zero-order chi connectivity index (χ0) is 10.4. The molecule has 0 radical (unpaired) electrons. The summed E-state index contributed by atoms with van der Waals surface area (Å²) < 4.78 is 5.51. The van der Waals surface area contributed by atoms with Gasteiger partial charge in [0.15, 0.2) is 0 Å². The molecule has 0 aliphatic heterocycles. The smallest absolute Gasteiger partial charge is 0.150 e. The molecule has 0 fully saturated rings. The van der Waals surface area contributed by atoms with Gasteiger partial charge in [-0.25, -0.2) is 0 Å². The second kappa shape index (κ2) is 5.43. The molecule has 1 aromatic rings. The van der Waals surface area contributed by atoms with E-state index in [2.05, 4.69) is 6.92 Å². The Bertz CT molecular complexity index is 305. The van der Waals surface area contributed by atoms with Crippen LogP contribution in [0.25, 0.3) is 0 Å². The van der Waals surface area contributed by atoms with Crippen molar-refractivity contribution < 1.29 is 9.53 Å². The summed E-state index contributed by atoms with van der Waals surface area (Å²) in [5.74, 6) is 0.849. The Morgan fingerprint density at radius 2 is 2.21 bits per heavy atom. The summed E-state index contributed by atoms with van der Waals surface area (Å²) in [6.07, 6.45) is 3.06. The number of hydrogen-bond donors (Lipinski definition) is 0. The van der Waals surface area contributed by atoms with Crippen LogP contribution in [0.2, 0.25) is 0 Å². The summed E-state index contributed by atoms with van der Waals surface area (Å²) in [5.41, 5.74) is 1.70. The lowest BCUT2D eigenvalue weighted by molar-refractivity contribution is 0.112. The van der Waals surface area contributed by atoms with E-state index in [9.17, 15) is 4.79 Å². The molecule has 0 aliphatic rings. The molecule has 0 unspecified atom stereocenters. The number of ether oxygens (including phenoxy) is 1. The molecule has 0 aliphatic carbocycles. The third-order valence-electron chi connectivity index (χ3n) is 2.13. The first kappa shape index (κ1) is 10.8. The topological polar surface area (TPSA) is 26.3 Å². The summed E-state index contributed by atoms with van der Waals surface area (Å²) in [5, 5.41) is 0. The minimum atomic E-state index is 0.729. The van der Waals surface area contributed by atoms with Crippen molar-refractivity contribution in [3.8, 4) is 5.75 Å². The molecule has 0 saturated heterocycles. The molecule has 0 bridgehead atoms. The van der Waals surface area contributed by atoms with Crippen LogP contribution in [0.4, 0.5) is 0 Å². The molecular weight excluding hydrogens is 176 g/mol. The standard InChI is InChI=1S/C12H16O2/c1-3-4-7-14-12-6-5-11(9-13)10(2)8-12/h5-6,8-9H,3-4,7H2,1-2H3. The molecule has 1 rings (SSSR count). The Morgan fingerprint density at radius 1 is 1.43 bits per heavy atom. The molecule has 2 nitrogen and oxygen atoms in total. The second-order valence-electron chi connectivity index (χ2n) is 3.34. The van der Waals surface area contributed by atoms with Crippen molar-refractivity contribution in [1.29, 1.82) is 0 Å². The molecule has 76 valence electrons. The average Bonchev–Trinajstić information content (AvgIpc) is 2.18. The van der Waals surface area contributed by atoms with Gasteiger partial charge < -0.3 is 4.74 Å². The second-order valence-corrected chi connectivity index (χ2v) is 3.34. The Morgan fingerprint density at radius 3 is 2.79 bits per heavy atom. The maximum absolute atomic E-state index is 10.6. The van der Waals surface area contributed by atoms with E-state index in [-0.39, 0.29) is 0 Å². The first-order chi connectivity index (χ1) is 6.77. The number of aldehydes is 1. The fourth-order valence-corrected chi connectivity index (χ4v) is 1.20. The first-order valence-electron chi connectivity index (χ1n) is 4.96. The number of rotatable bonds is 5. The average molecular weight is 192 g/mol. The van der Waals surface area contributed by atoms with Crippen LogP contribution in [-0.4, -0.2) is 12.9 Å². The maximum Gasteiger partial charge on any atom is 0.150 e. The summed E-state index contributed by atoms with van der Waals surface area (Å²) in [4.78, 5) is 10.6. The number of benzene rings is 1. The van der Waals surface area contributed by atoms with Crippen molar-refractivity contribution in [1.82, 2.24) is 0 Å². The Kier molecular flexibility index (Phi) is 4.17. The van der Waals surface area contributed by atoms with Crippen LogP contribution in [-0.2, 0) is 0 Å². The predicted octanol–water partition coefficient (Wildman–Crippen LogP) is 2.99. The fraction of sp³-hybridized carbons (Fsp3) is 0.417. The van der Waals surface area contributed by atoms with Crippen LogP contribution in [0.15, 0.2) is 18.2 Å². The Labute approximate surface area is 84.9 Å². The van der Waals surface area contributed by atoms with Gasteiger partial charge in [0.25, 0.3) is 0 Å². The fourth-order valence-electron chi connectivity index (χ4n) is 1.20. The molecule has 14 heavy (non-hydrogen) atoms. The van der Waals surface area contributed by atoms with Gasteiger partial charge in [0.1, 0.15) is 12.0 Å². The number of carbonyl (C=O) groups excluding carboxylic acids is 1. The molecule has 0 atom stereocenters. The molecule has 1 aromatic carbocycles. The van der Waals surface area contributed by atoms with Gasteiger partial charge in [-0.3, -0.25) is 4.79 Å². The van der Waals surface area contributed by atoms with Crippen LogP contribution < -0.4 is 4.74 Å². The van der Waals surface area contributed by atoms with E-state index in [0.717, 1.165) is 42.6 Å². The van der Waals surface area contributed by atoms with Crippen LogP contribution in [0.3, 0.4) is 0 Å². The van der Waals surface area contributed by atoms with E-state index in [1.165, 1.54) is 0 Å². The minimum absolute atomic E-state index is 0.729. The normalized spacial score (nSPS) is 9.86. The lowest BCUT2D eigenvalue weighted by Gasteiger charge is -2.06. The van der Waals surface area contributed by atoms with Gasteiger partial charge in [0.05, 0.1) is 6.61 Å². The largest absolute Gasteiger partial charge is 0.494 e. The van der Waals surface area contributed by atoms with E-state index in [1.807, 2.05) is 19.1 Å². The van der Waals surface area contributed by atoms with Gasteiger partial charge in [-0.15, -0.1) is 0 Å². The Hall–Kier alpha value is -1.31. The molecule has 0 spiro atoms. The zero-order valence-corrected chi connectivity index (χ0v) is 8.75. The molecule has 0 heterocycles. The number of aryl methyl sites for hydroxylation is 1.